The summed E-state index contributed by atoms with van der Waals surface area (Å²) in [5.41, 5.74) is 2.93. The molecule has 0 saturated heterocycles. The number of aryl methyl sites for hydroxylation is 1. The second-order valence-corrected chi connectivity index (χ2v) is 6.30. The molecule has 0 fully saturated rings. The van der Waals surface area contributed by atoms with Crippen molar-refractivity contribution in [2.75, 3.05) is 19.5 Å². The van der Waals surface area contributed by atoms with Crippen LogP contribution in [0.3, 0.4) is 0 Å². The largest absolute Gasteiger partial charge is 0.493 e. The Morgan fingerprint density at radius 1 is 1.04 bits per heavy atom. The van der Waals surface area contributed by atoms with Gasteiger partial charge in [0.2, 0.25) is 11.8 Å². The fourth-order valence-electron chi connectivity index (χ4n) is 2.41. The smallest absolute Gasteiger partial charge is 0.247 e. The zero-order chi connectivity index (χ0) is 17.8. The highest BCUT2D eigenvalue weighted by Gasteiger charge is 2.12. The Hall–Kier alpha value is -2.54. The van der Waals surface area contributed by atoms with Crippen molar-refractivity contribution in [1.29, 1.82) is 0 Å². The number of rotatable bonds is 6. The predicted octanol–water partition coefficient (Wildman–Crippen LogP) is 4.44. The van der Waals surface area contributed by atoms with Gasteiger partial charge in [0.15, 0.2) is 11.5 Å². The molecule has 0 radical (unpaired) electrons. The van der Waals surface area contributed by atoms with Crippen LogP contribution in [0.25, 0.3) is 11.5 Å². The fourth-order valence-corrected chi connectivity index (χ4v) is 2.88. The van der Waals surface area contributed by atoms with Crippen molar-refractivity contribution in [3.05, 3.63) is 52.3 Å². The van der Waals surface area contributed by atoms with Crippen LogP contribution in [-0.4, -0.2) is 24.4 Å². The zero-order valence-corrected chi connectivity index (χ0v) is 15.8. The summed E-state index contributed by atoms with van der Waals surface area (Å²) in [7, 11) is 3.18. The summed E-state index contributed by atoms with van der Waals surface area (Å²) in [5, 5.41) is 11.5. The normalized spacial score (nSPS) is 10.6. The van der Waals surface area contributed by atoms with Gasteiger partial charge in [-0.05, 0) is 48.9 Å². The van der Waals surface area contributed by atoms with Gasteiger partial charge >= 0.3 is 0 Å². The molecular formula is C18H18BrN3O3. The molecule has 1 aromatic heterocycles. The van der Waals surface area contributed by atoms with Gasteiger partial charge in [-0.2, -0.15) is 0 Å². The third-order valence-corrected chi connectivity index (χ3v) is 4.21. The minimum absolute atomic E-state index is 0.435. The Labute approximate surface area is 154 Å². The summed E-state index contributed by atoms with van der Waals surface area (Å²) in [6.45, 7) is 2.48. The summed E-state index contributed by atoms with van der Waals surface area (Å²) in [4.78, 5) is 0. The SMILES string of the molecule is COc1ccc(-c2nnc(CNc3ccc(Br)cc3C)o2)cc1OC. The first kappa shape index (κ1) is 17.3. The summed E-state index contributed by atoms with van der Waals surface area (Å²) < 4.78 is 17.3. The molecule has 0 amide bonds. The second kappa shape index (κ2) is 7.57. The molecule has 6 nitrogen and oxygen atoms in total. The lowest BCUT2D eigenvalue weighted by molar-refractivity contribution is 0.355. The summed E-state index contributed by atoms with van der Waals surface area (Å²) >= 11 is 3.46. The van der Waals surface area contributed by atoms with Crippen molar-refractivity contribution >= 4 is 21.6 Å². The Bertz CT molecular complexity index is 880. The third-order valence-electron chi connectivity index (χ3n) is 3.72. The molecule has 3 rings (SSSR count). The van der Waals surface area contributed by atoms with E-state index in [2.05, 4.69) is 31.4 Å². The van der Waals surface area contributed by atoms with Crippen LogP contribution in [-0.2, 0) is 6.54 Å². The van der Waals surface area contributed by atoms with Gasteiger partial charge in [0.05, 0.1) is 20.8 Å². The van der Waals surface area contributed by atoms with Gasteiger partial charge in [-0.3, -0.25) is 0 Å². The van der Waals surface area contributed by atoms with E-state index < -0.39 is 0 Å². The molecule has 7 heteroatoms. The van der Waals surface area contributed by atoms with Gasteiger partial charge in [0.25, 0.3) is 0 Å². The first-order valence-corrected chi connectivity index (χ1v) is 8.45. The van der Waals surface area contributed by atoms with Gasteiger partial charge in [-0.25, -0.2) is 0 Å². The molecule has 0 aliphatic rings. The minimum atomic E-state index is 0.435. The summed E-state index contributed by atoms with van der Waals surface area (Å²) in [5.74, 6) is 2.21. The Kier molecular flexibility index (Phi) is 5.23. The van der Waals surface area contributed by atoms with E-state index in [1.54, 1.807) is 14.2 Å². The molecule has 0 saturated carbocycles. The number of methoxy groups -OCH3 is 2. The molecule has 0 spiro atoms. The number of nitrogens with one attached hydrogen (secondary N) is 1. The van der Waals surface area contributed by atoms with Crippen LogP contribution >= 0.6 is 15.9 Å². The molecule has 0 unspecified atom stereocenters. The number of halogens is 1. The number of anilines is 1. The fraction of sp³-hybridized carbons (Fsp3) is 0.222. The Balaban J connectivity index is 1.74. The van der Waals surface area contributed by atoms with Gasteiger partial charge in [-0.1, -0.05) is 15.9 Å². The van der Waals surface area contributed by atoms with E-state index in [9.17, 15) is 0 Å². The minimum Gasteiger partial charge on any atom is -0.493 e. The topological polar surface area (TPSA) is 69.4 Å². The predicted molar refractivity (Wildman–Crippen MR) is 99.0 cm³/mol. The quantitative estimate of drug-likeness (QED) is 0.655. The molecular weight excluding hydrogens is 386 g/mol. The van der Waals surface area contributed by atoms with E-state index in [4.69, 9.17) is 13.9 Å². The number of nitrogens with zero attached hydrogens (tertiary/aromatic N) is 2. The van der Waals surface area contributed by atoms with Crippen LogP contribution in [0.4, 0.5) is 5.69 Å². The molecule has 0 aliphatic heterocycles. The Morgan fingerprint density at radius 3 is 2.56 bits per heavy atom. The summed E-state index contributed by atoms with van der Waals surface area (Å²) in [6, 6.07) is 11.5. The van der Waals surface area contributed by atoms with E-state index >= 15 is 0 Å². The van der Waals surface area contributed by atoms with E-state index in [1.807, 2.05) is 43.3 Å². The average molecular weight is 404 g/mol. The molecule has 1 heterocycles. The number of hydrogen-bond acceptors (Lipinski definition) is 6. The maximum Gasteiger partial charge on any atom is 0.247 e. The van der Waals surface area contributed by atoms with Crippen LogP contribution in [0, 0.1) is 6.92 Å². The van der Waals surface area contributed by atoms with Crippen LogP contribution in [0.2, 0.25) is 0 Å². The molecule has 2 aromatic carbocycles. The molecule has 0 bridgehead atoms. The molecule has 1 N–H and O–H groups in total. The maximum atomic E-state index is 5.74. The number of aromatic nitrogens is 2. The first-order valence-electron chi connectivity index (χ1n) is 7.65. The van der Waals surface area contributed by atoms with Gasteiger partial charge in [-0.15, -0.1) is 10.2 Å². The Morgan fingerprint density at radius 2 is 1.84 bits per heavy atom. The monoisotopic (exact) mass is 403 g/mol. The lowest BCUT2D eigenvalue weighted by Crippen LogP contribution is -2.01. The van der Waals surface area contributed by atoms with E-state index in [-0.39, 0.29) is 0 Å². The van der Waals surface area contributed by atoms with Crippen molar-refractivity contribution in [2.45, 2.75) is 13.5 Å². The highest BCUT2D eigenvalue weighted by Crippen LogP contribution is 2.31. The molecule has 3 aromatic rings. The van der Waals surface area contributed by atoms with Crippen molar-refractivity contribution in [3.8, 4) is 23.0 Å². The van der Waals surface area contributed by atoms with Gasteiger partial charge in [0.1, 0.15) is 0 Å². The lowest BCUT2D eigenvalue weighted by atomic mass is 10.2. The van der Waals surface area contributed by atoms with Crippen LogP contribution in [0.1, 0.15) is 11.5 Å². The van der Waals surface area contributed by atoms with E-state index in [0.717, 1.165) is 21.3 Å². The number of ether oxygens (including phenoxy) is 2. The third kappa shape index (κ3) is 3.93. The summed E-state index contributed by atoms with van der Waals surface area (Å²) in [6.07, 6.45) is 0. The van der Waals surface area contributed by atoms with E-state index in [1.165, 1.54) is 0 Å². The highest BCUT2D eigenvalue weighted by molar-refractivity contribution is 9.10. The first-order chi connectivity index (χ1) is 12.1. The van der Waals surface area contributed by atoms with Crippen LogP contribution in [0.15, 0.2) is 45.3 Å². The molecule has 0 aliphatic carbocycles. The number of benzene rings is 2. The standard InChI is InChI=1S/C18H18BrN3O3/c1-11-8-13(19)5-6-14(11)20-10-17-21-22-18(25-17)12-4-7-15(23-2)16(9-12)24-3/h4-9,20H,10H2,1-3H3. The maximum absolute atomic E-state index is 5.74. The van der Waals surface area contributed by atoms with E-state index in [0.29, 0.717) is 29.8 Å². The van der Waals surface area contributed by atoms with Crippen LogP contribution < -0.4 is 14.8 Å². The number of hydrogen-bond donors (Lipinski definition) is 1. The zero-order valence-electron chi connectivity index (χ0n) is 14.2. The van der Waals surface area contributed by atoms with Gasteiger partial charge in [0, 0.05) is 15.7 Å². The molecule has 25 heavy (non-hydrogen) atoms. The lowest BCUT2D eigenvalue weighted by Gasteiger charge is -2.08. The van der Waals surface area contributed by atoms with Crippen molar-refractivity contribution in [2.24, 2.45) is 0 Å². The second-order valence-electron chi connectivity index (χ2n) is 5.38. The van der Waals surface area contributed by atoms with Crippen molar-refractivity contribution in [3.63, 3.8) is 0 Å². The van der Waals surface area contributed by atoms with Crippen molar-refractivity contribution < 1.29 is 13.9 Å². The van der Waals surface area contributed by atoms with Gasteiger partial charge < -0.3 is 19.2 Å². The highest BCUT2D eigenvalue weighted by atomic mass is 79.9. The average Bonchev–Trinajstić information content (AvgIpc) is 3.09. The van der Waals surface area contributed by atoms with Crippen molar-refractivity contribution in [1.82, 2.24) is 10.2 Å². The molecule has 130 valence electrons. The molecule has 0 atom stereocenters. The van der Waals surface area contributed by atoms with Crippen LogP contribution in [0.5, 0.6) is 11.5 Å².